The van der Waals surface area contributed by atoms with Crippen LogP contribution in [0, 0.1) is 5.41 Å². The van der Waals surface area contributed by atoms with Crippen LogP contribution >= 0.6 is 11.8 Å². The molecule has 0 bridgehead atoms. The Morgan fingerprint density at radius 1 is 1.04 bits per heavy atom. The number of nitrogens with zero attached hydrogens (tertiary/aromatic N) is 1. The smallest absolute Gasteiger partial charge is 0.216 e. The topological polar surface area (TPSA) is 21.6 Å². The van der Waals surface area contributed by atoms with Gasteiger partial charge < -0.3 is 4.74 Å². The zero-order valence-electron chi connectivity index (χ0n) is 14.0. The fourth-order valence-electron chi connectivity index (χ4n) is 2.50. The fraction of sp³-hybridized carbons (Fsp3) is 0.350. The van der Waals surface area contributed by atoms with Crippen LogP contribution in [0.15, 0.2) is 64.5 Å². The van der Waals surface area contributed by atoms with Crippen LogP contribution in [0.1, 0.15) is 31.9 Å². The van der Waals surface area contributed by atoms with Gasteiger partial charge in [-0.2, -0.15) is 0 Å². The summed E-state index contributed by atoms with van der Waals surface area (Å²) < 4.78 is 5.91. The third-order valence-electron chi connectivity index (χ3n) is 4.04. The zero-order valence-corrected chi connectivity index (χ0v) is 14.8. The van der Waals surface area contributed by atoms with Crippen molar-refractivity contribution < 1.29 is 4.74 Å². The maximum absolute atomic E-state index is 5.91. The normalized spacial score (nSPS) is 17.7. The van der Waals surface area contributed by atoms with Crippen molar-refractivity contribution in [1.29, 1.82) is 0 Å². The monoisotopic (exact) mass is 325 g/mol. The van der Waals surface area contributed by atoms with E-state index < -0.39 is 0 Å². The molecular weight excluding hydrogens is 302 g/mol. The van der Waals surface area contributed by atoms with Gasteiger partial charge in [0.25, 0.3) is 0 Å². The molecule has 1 heterocycles. The van der Waals surface area contributed by atoms with Gasteiger partial charge in [0.05, 0.1) is 6.04 Å². The molecule has 0 fully saturated rings. The third kappa shape index (κ3) is 3.97. The molecule has 0 spiro atoms. The molecule has 2 aromatic rings. The molecule has 1 aliphatic heterocycles. The number of thioether (sulfide) groups is 1. The van der Waals surface area contributed by atoms with Crippen LogP contribution in [0.25, 0.3) is 0 Å². The molecule has 0 amide bonds. The van der Waals surface area contributed by atoms with Gasteiger partial charge in [-0.1, -0.05) is 57.2 Å². The van der Waals surface area contributed by atoms with Crippen LogP contribution in [0.2, 0.25) is 0 Å². The lowest BCUT2D eigenvalue weighted by Gasteiger charge is -2.21. The highest BCUT2D eigenvalue weighted by atomic mass is 32.2. The van der Waals surface area contributed by atoms with E-state index in [4.69, 9.17) is 9.73 Å². The van der Waals surface area contributed by atoms with E-state index in [-0.39, 0.29) is 11.5 Å². The Bertz CT molecular complexity index is 688. The summed E-state index contributed by atoms with van der Waals surface area (Å²) in [6.07, 6.45) is 0. The van der Waals surface area contributed by atoms with Crippen LogP contribution in [0.3, 0.4) is 0 Å². The van der Waals surface area contributed by atoms with Gasteiger partial charge in [-0.05, 0) is 29.2 Å². The summed E-state index contributed by atoms with van der Waals surface area (Å²) in [6, 6.07) is 19.1. The van der Waals surface area contributed by atoms with Gasteiger partial charge in [0.2, 0.25) is 5.90 Å². The first kappa shape index (κ1) is 16.1. The van der Waals surface area contributed by atoms with E-state index in [9.17, 15) is 0 Å². The molecule has 3 heteroatoms. The summed E-state index contributed by atoms with van der Waals surface area (Å²) in [5.41, 5.74) is 2.53. The molecule has 1 atom stereocenters. The van der Waals surface area contributed by atoms with Gasteiger partial charge >= 0.3 is 0 Å². The summed E-state index contributed by atoms with van der Waals surface area (Å²) in [6.45, 7) is 7.32. The van der Waals surface area contributed by atoms with E-state index in [1.54, 1.807) is 0 Å². The van der Waals surface area contributed by atoms with Gasteiger partial charge in [0.1, 0.15) is 6.61 Å². The van der Waals surface area contributed by atoms with Crippen LogP contribution in [0.4, 0.5) is 0 Å². The van der Waals surface area contributed by atoms with Crippen molar-refractivity contribution in [3.05, 3.63) is 65.7 Å². The minimum atomic E-state index is 0.134. The van der Waals surface area contributed by atoms with E-state index in [1.165, 1.54) is 10.5 Å². The Kier molecular flexibility index (Phi) is 4.76. The number of hydrogen-bond acceptors (Lipinski definition) is 3. The SMILES string of the molecule is CC(C)(C)[C@H]1COC(c2ccccc2CSc2ccccc2)=N1. The highest BCUT2D eigenvalue weighted by Gasteiger charge is 2.31. The van der Waals surface area contributed by atoms with E-state index in [1.807, 2.05) is 17.8 Å². The Morgan fingerprint density at radius 2 is 1.74 bits per heavy atom. The first-order valence-corrected chi connectivity index (χ1v) is 8.99. The molecule has 120 valence electrons. The first-order chi connectivity index (χ1) is 11.0. The van der Waals surface area contributed by atoms with Crippen molar-refractivity contribution in [2.24, 2.45) is 10.4 Å². The van der Waals surface area contributed by atoms with Crippen molar-refractivity contribution >= 4 is 17.7 Å². The molecule has 2 nitrogen and oxygen atoms in total. The fourth-order valence-corrected chi connectivity index (χ4v) is 3.42. The second-order valence-electron chi connectivity index (χ2n) is 6.89. The van der Waals surface area contributed by atoms with Gasteiger partial charge in [-0.15, -0.1) is 11.8 Å². The van der Waals surface area contributed by atoms with Crippen molar-refractivity contribution in [3.8, 4) is 0 Å². The summed E-state index contributed by atoms with van der Waals surface area (Å²) >= 11 is 1.84. The molecule has 2 aromatic carbocycles. The molecule has 0 unspecified atom stereocenters. The Hall–Kier alpha value is -1.74. The molecule has 0 saturated heterocycles. The number of rotatable bonds is 4. The molecule has 0 aromatic heterocycles. The maximum Gasteiger partial charge on any atom is 0.216 e. The van der Waals surface area contributed by atoms with E-state index in [0.29, 0.717) is 6.61 Å². The summed E-state index contributed by atoms with van der Waals surface area (Å²) in [5.74, 6) is 1.72. The standard InChI is InChI=1S/C20H23NOS/c1-20(2,3)18-13-22-19(21-18)17-12-8-7-9-15(17)14-23-16-10-5-4-6-11-16/h4-12,18H,13-14H2,1-3H3/t18-/m1/s1. The molecular formula is C20H23NOS. The van der Waals surface area contributed by atoms with E-state index in [2.05, 4.69) is 69.3 Å². The predicted octanol–water partition coefficient (Wildman–Crippen LogP) is 5.17. The van der Waals surface area contributed by atoms with Gasteiger partial charge in [0, 0.05) is 16.2 Å². The van der Waals surface area contributed by atoms with Crippen molar-refractivity contribution in [2.45, 2.75) is 37.5 Å². The van der Waals surface area contributed by atoms with Crippen LogP contribution in [-0.4, -0.2) is 18.5 Å². The lowest BCUT2D eigenvalue weighted by atomic mass is 9.88. The number of hydrogen-bond donors (Lipinski definition) is 0. The lowest BCUT2D eigenvalue weighted by molar-refractivity contribution is 0.236. The van der Waals surface area contributed by atoms with Gasteiger partial charge in [-0.25, -0.2) is 4.99 Å². The molecule has 0 saturated carbocycles. The maximum atomic E-state index is 5.91. The lowest BCUT2D eigenvalue weighted by Crippen LogP contribution is -2.25. The molecule has 0 N–H and O–H groups in total. The minimum Gasteiger partial charge on any atom is -0.475 e. The van der Waals surface area contributed by atoms with Crippen molar-refractivity contribution in [1.82, 2.24) is 0 Å². The Morgan fingerprint density at radius 3 is 2.43 bits per heavy atom. The average molecular weight is 325 g/mol. The largest absolute Gasteiger partial charge is 0.475 e. The summed E-state index contributed by atoms with van der Waals surface area (Å²) in [5, 5.41) is 0. The Balaban J connectivity index is 1.79. The average Bonchev–Trinajstić information content (AvgIpc) is 3.04. The Labute approximate surface area is 143 Å². The van der Waals surface area contributed by atoms with Crippen LogP contribution in [0.5, 0.6) is 0 Å². The highest BCUT2D eigenvalue weighted by Crippen LogP contribution is 2.30. The third-order valence-corrected chi connectivity index (χ3v) is 5.10. The van der Waals surface area contributed by atoms with Crippen LogP contribution < -0.4 is 0 Å². The second kappa shape index (κ2) is 6.79. The summed E-state index contributed by atoms with van der Waals surface area (Å²) in [4.78, 5) is 6.11. The summed E-state index contributed by atoms with van der Waals surface area (Å²) in [7, 11) is 0. The van der Waals surface area contributed by atoms with E-state index >= 15 is 0 Å². The zero-order chi connectivity index (χ0) is 16.3. The molecule has 0 aliphatic carbocycles. The van der Waals surface area contributed by atoms with Gasteiger partial charge in [-0.3, -0.25) is 0 Å². The number of aliphatic imine (C=N–C) groups is 1. The van der Waals surface area contributed by atoms with Gasteiger partial charge in [0.15, 0.2) is 0 Å². The number of ether oxygens (including phenoxy) is 1. The minimum absolute atomic E-state index is 0.134. The van der Waals surface area contributed by atoms with Crippen molar-refractivity contribution in [3.63, 3.8) is 0 Å². The molecule has 3 rings (SSSR count). The van der Waals surface area contributed by atoms with E-state index in [0.717, 1.165) is 17.2 Å². The van der Waals surface area contributed by atoms with Crippen LogP contribution in [-0.2, 0) is 10.5 Å². The highest BCUT2D eigenvalue weighted by molar-refractivity contribution is 7.98. The predicted molar refractivity (Wildman–Crippen MR) is 98.2 cm³/mol. The number of benzene rings is 2. The van der Waals surface area contributed by atoms with Crippen molar-refractivity contribution in [2.75, 3.05) is 6.61 Å². The first-order valence-electron chi connectivity index (χ1n) is 8.01. The second-order valence-corrected chi connectivity index (χ2v) is 7.93. The molecule has 1 aliphatic rings. The molecule has 0 radical (unpaired) electrons. The quantitative estimate of drug-likeness (QED) is 0.723. The molecule has 23 heavy (non-hydrogen) atoms.